The fraction of sp³-hybridized carbons (Fsp3) is 0.222. The Bertz CT molecular complexity index is 325. The van der Waals surface area contributed by atoms with Gasteiger partial charge < -0.3 is 4.74 Å². The van der Waals surface area contributed by atoms with Crippen molar-refractivity contribution < 1.29 is 4.74 Å². The first-order valence-electron chi connectivity index (χ1n) is 3.54. The van der Waals surface area contributed by atoms with Gasteiger partial charge in [0.15, 0.2) is 0 Å². The number of hydrogen-bond acceptors (Lipinski definition) is 1. The van der Waals surface area contributed by atoms with E-state index in [-0.39, 0.29) is 0 Å². The lowest BCUT2D eigenvalue weighted by Gasteiger charge is -1.98. The Labute approximate surface area is 65.2 Å². The quantitative estimate of drug-likeness (QED) is 0.510. The highest BCUT2D eigenvalue weighted by atomic mass is 16.5. The lowest BCUT2D eigenvalue weighted by molar-refractivity contribution is 0.358. The molecule has 2 nitrogen and oxygen atoms in total. The van der Waals surface area contributed by atoms with Crippen molar-refractivity contribution in [3.05, 3.63) is 35.2 Å². The molecule has 0 aliphatic carbocycles. The zero-order valence-corrected chi connectivity index (χ0v) is 6.00. The van der Waals surface area contributed by atoms with Gasteiger partial charge in [0.25, 0.3) is 0 Å². The SMILES string of the molecule is [C-]#[N+]c1cccc2c1OCC2. The average molecular weight is 145 g/mol. The van der Waals surface area contributed by atoms with Gasteiger partial charge in [0.1, 0.15) is 5.75 Å². The van der Waals surface area contributed by atoms with Gasteiger partial charge in [0.05, 0.1) is 13.2 Å². The molecule has 1 aliphatic rings. The second-order valence-electron chi connectivity index (χ2n) is 2.48. The topological polar surface area (TPSA) is 13.6 Å². The molecule has 0 radical (unpaired) electrons. The number of para-hydroxylation sites is 1. The predicted molar refractivity (Wildman–Crippen MR) is 41.9 cm³/mol. The van der Waals surface area contributed by atoms with Gasteiger partial charge in [-0.25, -0.2) is 4.85 Å². The summed E-state index contributed by atoms with van der Waals surface area (Å²) in [5.74, 6) is 0.794. The van der Waals surface area contributed by atoms with Gasteiger partial charge in [-0.1, -0.05) is 18.2 Å². The molecule has 2 rings (SSSR count). The molecule has 2 heteroatoms. The van der Waals surface area contributed by atoms with Crippen molar-refractivity contribution in [2.45, 2.75) is 6.42 Å². The molecule has 0 N–H and O–H groups in total. The Morgan fingerprint density at radius 1 is 1.45 bits per heavy atom. The number of hydrogen-bond donors (Lipinski definition) is 0. The molecular formula is C9H7NO. The van der Waals surface area contributed by atoms with Crippen molar-refractivity contribution in [3.8, 4) is 5.75 Å². The van der Waals surface area contributed by atoms with Crippen LogP contribution in [0.15, 0.2) is 18.2 Å². The lowest BCUT2D eigenvalue weighted by atomic mass is 10.1. The monoisotopic (exact) mass is 145 g/mol. The van der Waals surface area contributed by atoms with Crippen molar-refractivity contribution in [2.24, 2.45) is 0 Å². The molecule has 1 aromatic carbocycles. The first kappa shape index (κ1) is 6.23. The average Bonchev–Trinajstić information content (AvgIpc) is 2.50. The summed E-state index contributed by atoms with van der Waals surface area (Å²) in [5.41, 5.74) is 1.80. The minimum atomic E-state index is 0.639. The minimum Gasteiger partial charge on any atom is -0.504 e. The van der Waals surface area contributed by atoms with Crippen LogP contribution in [0.1, 0.15) is 5.56 Å². The van der Waals surface area contributed by atoms with E-state index in [1.54, 1.807) is 6.07 Å². The van der Waals surface area contributed by atoms with Crippen LogP contribution in [-0.4, -0.2) is 6.61 Å². The van der Waals surface area contributed by atoms with Crippen LogP contribution < -0.4 is 4.74 Å². The summed E-state index contributed by atoms with van der Waals surface area (Å²) in [7, 11) is 0. The van der Waals surface area contributed by atoms with Crippen LogP contribution in [0.3, 0.4) is 0 Å². The third-order valence-corrected chi connectivity index (χ3v) is 1.81. The fourth-order valence-electron chi connectivity index (χ4n) is 1.29. The summed E-state index contributed by atoms with van der Waals surface area (Å²) in [6.45, 7) is 7.58. The molecule has 1 aromatic rings. The first-order valence-corrected chi connectivity index (χ1v) is 3.54. The van der Waals surface area contributed by atoms with Gasteiger partial charge in [-0.2, -0.15) is 0 Å². The number of benzene rings is 1. The molecule has 0 amide bonds. The maximum Gasteiger partial charge on any atom is 0.228 e. The highest BCUT2D eigenvalue weighted by molar-refractivity contribution is 5.62. The lowest BCUT2D eigenvalue weighted by Crippen LogP contribution is -1.86. The van der Waals surface area contributed by atoms with Crippen LogP contribution in [0, 0.1) is 6.57 Å². The summed E-state index contributed by atoms with van der Waals surface area (Å²) in [6, 6.07) is 5.70. The highest BCUT2D eigenvalue weighted by Gasteiger charge is 2.14. The second-order valence-corrected chi connectivity index (χ2v) is 2.48. The molecule has 0 aromatic heterocycles. The largest absolute Gasteiger partial charge is 0.504 e. The molecule has 0 unspecified atom stereocenters. The van der Waals surface area contributed by atoms with Gasteiger partial charge in [-0.05, 0) is 5.56 Å². The Kier molecular flexibility index (Phi) is 1.29. The van der Waals surface area contributed by atoms with Crippen LogP contribution in [-0.2, 0) is 6.42 Å². The van der Waals surface area contributed by atoms with E-state index >= 15 is 0 Å². The molecule has 1 aliphatic heterocycles. The minimum absolute atomic E-state index is 0.639. The van der Waals surface area contributed by atoms with Crippen molar-refractivity contribution in [2.75, 3.05) is 6.61 Å². The third-order valence-electron chi connectivity index (χ3n) is 1.81. The van der Waals surface area contributed by atoms with Crippen LogP contribution >= 0.6 is 0 Å². The summed E-state index contributed by atoms with van der Waals surface area (Å²) in [4.78, 5) is 3.37. The maximum atomic E-state index is 6.86. The van der Waals surface area contributed by atoms with Gasteiger partial charge >= 0.3 is 0 Å². The van der Waals surface area contributed by atoms with Gasteiger partial charge in [0, 0.05) is 6.42 Å². The van der Waals surface area contributed by atoms with E-state index in [2.05, 4.69) is 4.85 Å². The van der Waals surface area contributed by atoms with Crippen LogP contribution in [0.2, 0.25) is 0 Å². The van der Waals surface area contributed by atoms with E-state index in [9.17, 15) is 0 Å². The number of fused-ring (bicyclic) bond motifs is 1. The van der Waals surface area contributed by atoms with E-state index in [1.165, 1.54) is 5.56 Å². The van der Waals surface area contributed by atoms with Crippen molar-refractivity contribution in [3.63, 3.8) is 0 Å². The number of nitrogens with zero attached hydrogens (tertiary/aromatic N) is 1. The standard InChI is InChI=1S/C9H7NO/c1-10-8-4-2-3-7-5-6-11-9(7)8/h2-4H,5-6H2. The van der Waals surface area contributed by atoms with Crippen LogP contribution in [0.25, 0.3) is 4.85 Å². The van der Waals surface area contributed by atoms with Gasteiger partial charge in [-0.15, -0.1) is 0 Å². The van der Waals surface area contributed by atoms with Crippen molar-refractivity contribution in [1.82, 2.24) is 0 Å². The van der Waals surface area contributed by atoms with Crippen LogP contribution in [0.4, 0.5) is 5.69 Å². The number of ether oxygens (including phenoxy) is 1. The van der Waals surface area contributed by atoms with E-state index < -0.39 is 0 Å². The Morgan fingerprint density at radius 3 is 3.18 bits per heavy atom. The van der Waals surface area contributed by atoms with E-state index in [1.807, 2.05) is 12.1 Å². The molecule has 0 saturated carbocycles. The van der Waals surface area contributed by atoms with E-state index in [4.69, 9.17) is 11.3 Å². The second kappa shape index (κ2) is 2.28. The van der Waals surface area contributed by atoms with E-state index in [0.29, 0.717) is 5.69 Å². The Hall–Kier alpha value is -1.49. The molecule has 0 spiro atoms. The van der Waals surface area contributed by atoms with Crippen LogP contribution in [0.5, 0.6) is 5.75 Å². The normalized spacial score (nSPS) is 13.4. The molecule has 0 bridgehead atoms. The summed E-state index contributed by atoms with van der Waals surface area (Å²) >= 11 is 0. The summed E-state index contributed by atoms with van der Waals surface area (Å²) < 4.78 is 5.31. The highest BCUT2D eigenvalue weighted by Crippen LogP contribution is 2.35. The molecule has 0 atom stereocenters. The smallest absolute Gasteiger partial charge is 0.228 e. The zero-order chi connectivity index (χ0) is 7.68. The molecular weight excluding hydrogens is 138 g/mol. The predicted octanol–water partition coefficient (Wildman–Crippen LogP) is 2.17. The molecule has 54 valence electrons. The van der Waals surface area contributed by atoms with E-state index in [0.717, 1.165) is 18.8 Å². The third kappa shape index (κ3) is 0.857. The Balaban J connectivity index is 2.61. The van der Waals surface area contributed by atoms with Crippen molar-refractivity contribution in [1.29, 1.82) is 0 Å². The maximum absolute atomic E-state index is 6.86. The summed E-state index contributed by atoms with van der Waals surface area (Å²) in [5, 5.41) is 0. The van der Waals surface area contributed by atoms with Crippen molar-refractivity contribution >= 4 is 5.69 Å². The fourth-order valence-corrected chi connectivity index (χ4v) is 1.29. The molecule has 0 fully saturated rings. The first-order chi connectivity index (χ1) is 5.42. The molecule has 0 saturated heterocycles. The Morgan fingerprint density at radius 2 is 2.36 bits per heavy atom. The molecule has 1 heterocycles. The number of rotatable bonds is 0. The van der Waals surface area contributed by atoms with Gasteiger partial charge in [-0.3, -0.25) is 0 Å². The zero-order valence-electron chi connectivity index (χ0n) is 6.00. The summed E-state index contributed by atoms with van der Waals surface area (Å²) in [6.07, 6.45) is 0.943. The van der Waals surface area contributed by atoms with Gasteiger partial charge in [0.2, 0.25) is 5.69 Å². The molecule has 11 heavy (non-hydrogen) atoms.